The molecule has 0 aromatic heterocycles. The number of non-ortho nitro benzene ring substituents is 1. The van der Waals surface area contributed by atoms with E-state index in [1.165, 1.54) is 24.3 Å². The van der Waals surface area contributed by atoms with Gasteiger partial charge in [0.25, 0.3) is 17.5 Å². The molecule has 2 amide bonds. The smallest absolute Gasteiger partial charge is 0.272 e. The molecule has 8 nitrogen and oxygen atoms in total. The van der Waals surface area contributed by atoms with Gasteiger partial charge in [0.15, 0.2) is 0 Å². The number of nitrogens with one attached hydrogen (secondary N) is 2. The number of rotatable bonds is 7. The van der Waals surface area contributed by atoms with Crippen LogP contribution in [0.5, 0.6) is 5.75 Å². The maximum atomic E-state index is 13.1. The van der Waals surface area contributed by atoms with E-state index in [4.69, 9.17) is 4.74 Å². The highest BCUT2D eigenvalue weighted by Crippen LogP contribution is 2.22. The summed E-state index contributed by atoms with van der Waals surface area (Å²) in [6, 6.07) is 21.0. The second-order valence-electron chi connectivity index (χ2n) is 6.81. The third-order valence-corrected chi connectivity index (χ3v) is 4.74. The van der Waals surface area contributed by atoms with Crippen molar-refractivity contribution in [2.24, 2.45) is 0 Å². The Morgan fingerprint density at radius 2 is 1.50 bits per heavy atom. The van der Waals surface area contributed by atoms with Gasteiger partial charge in [0, 0.05) is 23.4 Å². The number of nitro groups is 1. The fourth-order valence-corrected chi connectivity index (χ4v) is 2.94. The van der Waals surface area contributed by atoms with Crippen molar-refractivity contribution in [1.29, 1.82) is 0 Å². The van der Waals surface area contributed by atoms with Crippen LogP contribution < -0.4 is 15.4 Å². The Hall–Kier alpha value is -4.46. The minimum atomic E-state index is -0.532. The van der Waals surface area contributed by atoms with Crippen LogP contribution in [0.1, 0.15) is 22.8 Å². The number of benzene rings is 3. The number of anilines is 1. The number of carbonyl (C=O) groups is 2. The van der Waals surface area contributed by atoms with Gasteiger partial charge >= 0.3 is 0 Å². The predicted octanol–water partition coefficient (Wildman–Crippen LogP) is 4.40. The molecule has 0 heterocycles. The number of carbonyl (C=O) groups excluding carboxylic acids is 2. The molecule has 0 unspecified atom stereocenters. The number of nitro benzene ring substituents is 1. The largest absolute Gasteiger partial charge is 0.497 e. The Morgan fingerprint density at radius 1 is 0.875 bits per heavy atom. The first-order chi connectivity index (χ1) is 15.4. The van der Waals surface area contributed by atoms with Crippen molar-refractivity contribution in [3.63, 3.8) is 0 Å². The summed E-state index contributed by atoms with van der Waals surface area (Å²) in [5.74, 6) is -0.347. The van der Waals surface area contributed by atoms with Gasteiger partial charge in [-0.15, -0.1) is 0 Å². The number of nitrogens with zero attached hydrogens (tertiary/aromatic N) is 1. The molecule has 3 aromatic rings. The fourth-order valence-electron chi connectivity index (χ4n) is 2.94. The maximum Gasteiger partial charge on any atom is 0.272 e. The minimum absolute atomic E-state index is 0.0310. The van der Waals surface area contributed by atoms with Crippen LogP contribution in [-0.4, -0.2) is 23.8 Å². The summed E-state index contributed by atoms with van der Waals surface area (Å²) in [6.45, 7) is 1.66. The van der Waals surface area contributed by atoms with Crippen LogP contribution in [0.15, 0.2) is 84.6 Å². The van der Waals surface area contributed by atoms with Crippen LogP contribution in [0, 0.1) is 10.1 Å². The minimum Gasteiger partial charge on any atom is -0.497 e. The Balaban J connectivity index is 1.95. The van der Waals surface area contributed by atoms with E-state index in [0.29, 0.717) is 28.1 Å². The van der Waals surface area contributed by atoms with Crippen molar-refractivity contribution in [3.05, 3.63) is 106 Å². The van der Waals surface area contributed by atoms with Crippen LogP contribution in [0.4, 0.5) is 11.4 Å². The number of ether oxygens (including phenoxy) is 1. The molecule has 0 fully saturated rings. The van der Waals surface area contributed by atoms with E-state index in [0.717, 1.165) is 0 Å². The molecule has 0 spiro atoms. The third-order valence-electron chi connectivity index (χ3n) is 4.74. The summed E-state index contributed by atoms with van der Waals surface area (Å²) in [7, 11) is 1.54. The standard InChI is InChI=1S/C24H21N3O5/c1-16(17-8-12-20(13-9-17)27(30)31)22(26-23(28)18-6-4-3-5-7-18)24(29)25-19-10-14-21(32-2)15-11-19/h3-15H,1-2H3,(H,25,29)(H,26,28)/b22-16+. The van der Waals surface area contributed by atoms with Gasteiger partial charge in [0.2, 0.25) is 0 Å². The molecule has 0 bridgehead atoms. The number of amides is 2. The first-order valence-corrected chi connectivity index (χ1v) is 9.66. The first kappa shape index (κ1) is 22.2. The lowest BCUT2D eigenvalue weighted by Gasteiger charge is -2.15. The second-order valence-corrected chi connectivity index (χ2v) is 6.81. The molecule has 0 saturated carbocycles. The van der Waals surface area contributed by atoms with Crippen molar-refractivity contribution in [1.82, 2.24) is 5.32 Å². The van der Waals surface area contributed by atoms with Gasteiger partial charge < -0.3 is 15.4 Å². The average Bonchev–Trinajstić information content (AvgIpc) is 2.83. The van der Waals surface area contributed by atoms with Crippen molar-refractivity contribution in [2.45, 2.75) is 6.92 Å². The number of allylic oxidation sites excluding steroid dienone is 1. The van der Waals surface area contributed by atoms with Gasteiger partial charge in [-0.25, -0.2) is 0 Å². The quantitative estimate of drug-likeness (QED) is 0.327. The number of hydrogen-bond donors (Lipinski definition) is 2. The van der Waals surface area contributed by atoms with Gasteiger partial charge in [0.1, 0.15) is 11.4 Å². The van der Waals surface area contributed by atoms with E-state index in [1.807, 2.05) is 0 Å². The molecule has 8 heteroatoms. The molecule has 0 atom stereocenters. The molecule has 3 rings (SSSR count). The van der Waals surface area contributed by atoms with Gasteiger partial charge in [-0.3, -0.25) is 19.7 Å². The van der Waals surface area contributed by atoms with Gasteiger partial charge in [-0.1, -0.05) is 18.2 Å². The second kappa shape index (κ2) is 10.0. The zero-order valence-corrected chi connectivity index (χ0v) is 17.5. The molecule has 0 saturated heterocycles. The molecule has 0 aliphatic heterocycles. The highest BCUT2D eigenvalue weighted by molar-refractivity contribution is 6.12. The molecule has 2 N–H and O–H groups in total. The molecule has 3 aromatic carbocycles. The maximum absolute atomic E-state index is 13.1. The van der Waals surface area contributed by atoms with Crippen molar-refractivity contribution < 1.29 is 19.2 Å². The van der Waals surface area contributed by atoms with Crippen LogP contribution in [0.25, 0.3) is 5.57 Å². The fraction of sp³-hybridized carbons (Fsp3) is 0.0833. The van der Waals surface area contributed by atoms with Crippen LogP contribution in [0.3, 0.4) is 0 Å². The van der Waals surface area contributed by atoms with E-state index in [1.54, 1.807) is 68.6 Å². The van der Waals surface area contributed by atoms with Crippen LogP contribution >= 0.6 is 0 Å². The monoisotopic (exact) mass is 431 g/mol. The lowest BCUT2D eigenvalue weighted by molar-refractivity contribution is -0.384. The predicted molar refractivity (Wildman–Crippen MR) is 121 cm³/mol. The molecular weight excluding hydrogens is 410 g/mol. The van der Waals surface area contributed by atoms with E-state index in [9.17, 15) is 19.7 Å². The summed E-state index contributed by atoms with van der Waals surface area (Å²) in [5.41, 5.74) is 1.87. The third kappa shape index (κ3) is 5.37. The molecule has 0 aliphatic rings. The van der Waals surface area contributed by atoms with Gasteiger partial charge in [-0.05, 0) is 66.6 Å². The van der Waals surface area contributed by atoms with Crippen molar-refractivity contribution in [3.8, 4) is 5.75 Å². The SMILES string of the molecule is COc1ccc(NC(=O)/C(NC(=O)c2ccccc2)=C(/C)c2ccc([N+](=O)[O-])cc2)cc1. The normalized spacial score (nSPS) is 11.2. The Bertz CT molecular complexity index is 1150. The van der Waals surface area contributed by atoms with Crippen LogP contribution in [-0.2, 0) is 4.79 Å². The topological polar surface area (TPSA) is 111 Å². The highest BCUT2D eigenvalue weighted by atomic mass is 16.6. The molecule has 162 valence electrons. The Labute approximate surface area is 184 Å². The summed E-state index contributed by atoms with van der Waals surface area (Å²) >= 11 is 0. The first-order valence-electron chi connectivity index (χ1n) is 9.66. The molecule has 32 heavy (non-hydrogen) atoms. The van der Waals surface area contributed by atoms with Crippen LogP contribution in [0.2, 0.25) is 0 Å². The average molecular weight is 431 g/mol. The zero-order chi connectivity index (χ0) is 23.1. The Kier molecular flexibility index (Phi) is 6.97. The zero-order valence-electron chi connectivity index (χ0n) is 17.5. The van der Waals surface area contributed by atoms with Crippen molar-refractivity contribution >= 4 is 28.8 Å². The van der Waals surface area contributed by atoms with E-state index in [2.05, 4.69) is 10.6 Å². The summed E-state index contributed by atoms with van der Waals surface area (Å²) in [4.78, 5) is 36.3. The number of hydrogen-bond acceptors (Lipinski definition) is 5. The van der Waals surface area contributed by atoms with Crippen molar-refractivity contribution in [2.75, 3.05) is 12.4 Å². The van der Waals surface area contributed by atoms with E-state index < -0.39 is 16.7 Å². The van der Waals surface area contributed by atoms with Gasteiger partial charge in [-0.2, -0.15) is 0 Å². The molecule has 0 radical (unpaired) electrons. The van der Waals surface area contributed by atoms with E-state index in [-0.39, 0.29) is 11.4 Å². The van der Waals surface area contributed by atoms with Gasteiger partial charge in [0.05, 0.1) is 12.0 Å². The Morgan fingerprint density at radius 3 is 2.06 bits per heavy atom. The number of methoxy groups -OCH3 is 1. The van der Waals surface area contributed by atoms with E-state index >= 15 is 0 Å². The lowest BCUT2D eigenvalue weighted by Crippen LogP contribution is -2.31. The highest BCUT2D eigenvalue weighted by Gasteiger charge is 2.19. The summed E-state index contributed by atoms with van der Waals surface area (Å²) in [6.07, 6.45) is 0. The molecule has 0 aliphatic carbocycles. The summed E-state index contributed by atoms with van der Waals surface area (Å²) < 4.78 is 5.12. The molecular formula is C24H21N3O5. The lowest BCUT2D eigenvalue weighted by atomic mass is 10.0. The summed E-state index contributed by atoms with van der Waals surface area (Å²) in [5, 5.41) is 16.4.